The second-order valence-electron chi connectivity index (χ2n) is 0. The zero-order valence-electron chi connectivity index (χ0n) is 10.6. The van der Waals surface area contributed by atoms with Crippen LogP contribution in [0.25, 0.3) is 0 Å². The van der Waals surface area contributed by atoms with Gasteiger partial charge in [0.05, 0.1) is 0 Å². The van der Waals surface area contributed by atoms with Crippen molar-refractivity contribution in [2.75, 3.05) is 0 Å². The normalized spacial score (nSPS) is 0. The van der Waals surface area contributed by atoms with E-state index in [0.29, 0.717) is 0 Å². The first kappa shape index (κ1) is 1830. The third kappa shape index (κ3) is 1410. The second-order valence-corrected chi connectivity index (χ2v) is 0. The molecule has 0 radical (unpaired) electrons. The number of hydrogen-bond donors (Lipinski definition) is 0. The molecule has 0 aliphatic heterocycles. The van der Waals surface area contributed by atoms with E-state index >= 15 is 0 Å². The molecule has 0 bridgehead atoms. The SMILES string of the molecule is O.O.O.O.O.O.O.O.O.O.O.O.O.O.O.O.[OH3+].[W].[W].[W].[W].[W]. The van der Waals surface area contributed by atoms with E-state index in [1.807, 2.05) is 0 Å². The summed E-state index contributed by atoms with van der Waals surface area (Å²) in [5.74, 6) is 0. The van der Waals surface area contributed by atoms with Crippen molar-refractivity contribution in [3.63, 3.8) is 0 Å². The molecule has 166 valence electrons. The fourth-order valence-corrected chi connectivity index (χ4v) is 0. The van der Waals surface area contributed by atoms with Gasteiger partial charge in [-0.1, -0.05) is 0 Å². The molecule has 0 saturated heterocycles. The Morgan fingerprint density at radius 2 is 0.136 bits per heavy atom. The first-order valence-electron chi connectivity index (χ1n) is 0. The summed E-state index contributed by atoms with van der Waals surface area (Å²) >= 11 is 0. The van der Waals surface area contributed by atoms with E-state index < -0.39 is 0 Å². The number of rotatable bonds is 0. The molecule has 0 aromatic heterocycles. The molecule has 22 heavy (non-hydrogen) atoms. The van der Waals surface area contributed by atoms with Crippen LogP contribution in [-0.4, -0.2) is 87.6 Å². The summed E-state index contributed by atoms with van der Waals surface area (Å²) in [6.07, 6.45) is 0. The van der Waals surface area contributed by atoms with Crippen LogP contribution in [0.4, 0.5) is 0 Å². The summed E-state index contributed by atoms with van der Waals surface area (Å²) in [7, 11) is 0. The van der Waals surface area contributed by atoms with E-state index in [-0.39, 0.29) is 198 Å². The molecule has 0 heterocycles. The molecule has 0 saturated carbocycles. The van der Waals surface area contributed by atoms with Gasteiger partial charge in [-0.05, 0) is 0 Å². The topological polar surface area (TPSA) is 537 Å². The van der Waals surface area contributed by atoms with Crippen molar-refractivity contribution in [3.8, 4) is 0 Å². The van der Waals surface area contributed by atoms with E-state index in [1.54, 1.807) is 0 Å². The third-order valence-corrected chi connectivity index (χ3v) is 0. The summed E-state index contributed by atoms with van der Waals surface area (Å²) in [5, 5.41) is 0. The van der Waals surface area contributed by atoms with Crippen molar-refractivity contribution in [1.82, 2.24) is 0 Å². The molecule has 17 nitrogen and oxygen atoms in total. The minimum absolute atomic E-state index is 0. The van der Waals surface area contributed by atoms with Gasteiger partial charge >= 0.3 is 0 Å². The van der Waals surface area contributed by atoms with Gasteiger partial charge in [0, 0.05) is 105 Å². The molecular weight excluding hydrogens is 1190 g/mol. The monoisotopic (exact) mass is 1230 g/mol. The van der Waals surface area contributed by atoms with Gasteiger partial charge in [-0.2, -0.15) is 0 Å². The predicted octanol–water partition coefficient (Wildman–Crippen LogP) is -14.1. The molecule has 22 heteroatoms. The Bertz CT molecular complexity index is 17.0. The Kier molecular flexibility index (Phi) is 135000. The van der Waals surface area contributed by atoms with Crippen LogP contribution in [0.5, 0.6) is 0 Å². The predicted molar refractivity (Wildman–Crippen MR) is 62.7 cm³/mol. The second kappa shape index (κ2) is 1610. The van der Waals surface area contributed by atoms with Crippen molar-refractivity contribution in [3.05, 3.63) is 0 Å². The van der Waals surface area contributed by atoms with Gasteiger partial charge in [-0.3, -0.25) is 0 Å². The summed E-state index contributed by atoms with van der Waals surface area (Å²) in [6.45, 7) is 0. The molecule has 0 aliphatic carbocycles. The smallest absolute Gasteiger partial charge is 0 e. The third-order valence-electron chi connectivity index (χ3n) is 0. The summed E-state index contributed by atoms with van der Waals surface area (Å²) < 4.78 is 0. The van der Waals surface area contributed by atoms with Gasteiger partial charge in [-0.15, -0.1) is 0 Å². The molecular formula is H35O17W5+. The number of hydrogen-bond acceptors (Lipinski definition) is 0. The molecule has 0 aromatic carbocycles. The van der Waals surface area contributed by atoms with E-state index in [4.69, 9.17) is 0 Å². The Hall–Kier alpha value is 2.76. The minimum Gasteiger partial charge on any atom is -0.457 e. The van der Waals surface area contributed by atoms with Crippen LogP contribution in [0, 0.1) is 0 Å². The quantitative estimate of drug-likeness (QED) is 0.204. The molecule has 0 amide bonds. The zero-order valence-corrected chi connectivity index (χ0v) is 25.3. The maximum Gasteiger partial charge on any atom is 0 e. The first-order valence-corrected chi connectivity index (χ1v) is 0. The molecule has 35 N–H and O–H groups in total. The van der Waals surface area contributed by atoms with Gasteiger partial charge in [-0.25, -0.2) is 0 Å². The Morgan fingerprint density at radius 3 is 0.136 bits per heavy atom. The van der Waals surface area contributed by atoms with Crippen molar-refractivity contribution < 1.29 is 198 Å². The van der Waals surface area contributed by atoms with Crippen molar-refractivity contribution in [2.45, 2.75) is 0 Å². The Labute approximate surface area is 196 Å². The van der Waals surface area contributed by atoms with Gasteiger partial charge < -0.3 is 93.1 Å². The molecule has 0 unspecified atom stereocenters. The fourth-order valence-electron chi connectivity index (χ4n) is 0. The van der Waals surface area contributed by atoms with Gasteiger partial charge in [0.1, 0.15) is 0 Å². The molecule has 0 aromatic rings. The van der Waals surface area contributed by atoms with Crippen molar-refractivity contribution >= 4 is 0 Å². The fraction of sp³-hybridized carbons (Fsp3) is 0. The average Bonchev–Trinajstić information content (AvgIpc) is 0. The van der Waals surface area contributed by atoms with Crippen LogP contribution in [-0.2, 0) is 111 Å². The molecule has 0 spiro atoms. The summed E-state index contributed by atoms with van der Waals surface area (Å²) in [5.41, 5.74) is 0. The van der Waals surface area contributed by atoms with Crippen LogP contribution in [0.2, 0.25) is 0 Å². The van der Waals surface area contributed by atoms with Crippen LogP contribution in [0.15, 0.2) is 0 Å². The standard InChI is InChI=1S/17H2O.5W/h17*1H2;;;;;/p+1. The molecule has 0 rings (SSSR count). The van der Waals surface area contributed by atoms with Crippen LogP contribution < -0.4 is 0 Å². The first-order chi connectivity index (χ1) is 0. The maximum atomic E-state index is 0. The van der Waals surface area contributed by atoms with Crippen LogP contribution in [0.1, 0.15) is 0 Å². The molecule has 0 aliphatic rings. The van der Waals surface area contributed by atoms with Crippen molar-refractivity contribution in [1.29, 1.82) is 0 Å². The molecule has 0 atom stereocenters. The van der Waals surface area contributed by atoms with E-state index in [0.717, 1.165) is 0 Å². The van der Waals surface area contributed by atoms with E-state index in [2.05, 4.69) is 0 Å². The summed E-state index contributed by atoms with van der Waals surface area (Å²) in [6, 6.07) is 0. The average molecular weight is 1230 g/mol. The van der Waals surface area contributed by atoms with Crippen LogP contribution >= 0.6 is 0 Å². The maximum absolute atomic E-state index is 0. The van der Waals surface area contributed by atoms with Crippen molar-refractivity contribution in [2.24, 2.45) is 0 Å². The van der Waals surface area contributed by atoms with E-state index in [1.165, 1.54) is 0 Å². The van der Waals surface area contributed by atoms with Gasteiger partial charge in [0.25, 0.3) is 0 Å². The van der Waals surface area contributed by atoms with Crippen LogP contribution in [0.3, 0.4) is 0 Å². The van der Waals surface area contributed by atoms with E-state index in [9.17, 15) is 0 Å². The Balaban J connectivity index is 0. The molecule has 0 fully saturated rings. The zero-order chi connectivity index (χ0) is 0. The largest absolute Gasteiger partial charge is 0.457 e. The summed E-state index contributed by atoms with van der Waals surface area (Å²) in [4.78, 5) is 0. The van der Waals surface area contributed by atoms with Gasteiger partial charge in [0.2, 0.25) is 0 Å². The van der Waals surface area contributed by atoms with Gasteiger partial charge in [0.15, 0.2) is 0 Å². The minimum atomic E-state index is 0. The Morgan fingerprint density at radius 1 is 0.136 bits per heavy atom.